The van der Waals surface area contributed by atoms with Crippen molar-refractivity contribution in [3.8, 4) is 5.75 Å². The van der Waals surface area contributed by atoms with E-state index in [2.05, 4.69) is 39.5 Å². The van der Waals surface area contributed by atoms with Gasteiger partial charge in [0.15, 0.2) is 0 Å². The van der Waals surface area contributed by atoms with Crippen LogP contribution in [0.25, 0.3) is 0 Å². The average Bonchev–Trinajstić information content (AvgIpc) is 3.66. The van der Waals surface area contributed by atoms with Gasteiger partial charge in [-0.25, -0.2) is 0 Å². The van der Waals surface area contributed by atoms with Gasteiger partial charge in [-0.1, -0.05) is 58.4 Å². The number of amides is 2. The van der Waals surface area contributed by atoms with Gasteiger partial charge < -0.3 is 15.3 Å². The van der Waals surface area contributed by atoms with Gasteiger partial charge in [0.25, 0.3) is 0 Å². The van der Waals surface area contributed by atoms with Crippen LogP contribution < -0.4 is 5.32 Å². The zero-order valence-electron chi connectivity index (χ0n) is 18.5. The molecule has 0 bridgehead atoms. The Kier molecular flexibility index (Phi) is 7.65. The Morgan fingerprint density at radius 1 is 1.12 bits per heavy atom. The van der Waals surface area contributed by atoms with Gasteiger partial charge >= 0.3 is 0 Å². The highest BCUT2D eigenvalue weighted by atomic mass is 79.9. The molecule has 0 radical (unpaired) electrons. The third-order valence-electron chi connectivity index (χ3n) is 6.02. The van der Waals surface area contributed by atoms with E-state index >= 15 is 0 Å². The number of nitrogens with one attached hydrogen (secondary N) is 1. The van der Waals surface area contributed by atoms with Crippen LogP contribution in [0.3, 0.4) is 0 Å². The zero-order chi connectivity index (χ0) is 23.2. The number of phenolic OH excluding ortho intramolecular Hbond substituents is 1. The predicted molar refractivity (Wildman–Crippen MR) is 133 cm³/mol. The average molecular weight is 509 g/mol. The second-order valence-corrected chi connectivity index (χ2v) is 9.55. The minimum Gasteiger partial charge on any atom is -0.508 e. The van der Waals surface area contributed by atoms with E-state index in [-0.39, 0.29) is 30.0 Å². The van der Waals surface area contributed by atoms with E-state index in [9.17, 15) is 14.7 Å². The highest BCUT2D eigenvalue weighted by Gasteiger charge is 2.41. The molecule has 0 heterocycles. The molecule has 1 saturated carbocycles. The van der Waals surface area contributed by atoms with E-state index in [1.807, 2.05) is 30.3 Å². The fraction of sp³-hybridized carbons (Fsp3) is 0.333. The Labute approximate surface area is 203 Å². The van der Waals surface area contributed by atoms with Gasteiger partial charge in [0, 0.05) is 23.5 Å². The molecule has 1 atom stereocenters. The van der Waals surface area contributed by atoms with Crippen molar-refractivity contribution in [2.45, 2.75) is 50.6 Å². The molecule has 5 nitrogen and oxygen atoms in total. The topological polar surface area (TPSA) is 69.6 Å². The quantitative estimate of drug-likeness (QED) is 0.488. The van der Waals surface area contributed by atoms with Crippen molar-refractivity contribution in [3.63, 3.8) is 0 Å². The first-order valence-corrected chi connectivity index (χ1v) is 12.3. The van der Waals surface area contributed by atoms with Crippen LogP contribution in [0.2, 0.25) is 0 Å². The Bertz CT molecular complexity index is 1060. The molecular formula is C27H29BrN2O3. The number of halogens is 1. The van der Waals surface area contributed by atoms with Crippen LogP contribution >= 0.6 is 15.9 Å². The summed E-state index contributed by atoms with van der Waals surface area (Å²) in [6, 6.07) is 14.0. The molecule has 0 aliphatic heterocycles. The summed E-state index contributed by atoms with van der Waals surface area (Å²) in [6.07, 6.45) is 11.0. The second kappa shape index (κ2) is 10.8. The number of benzene rings is 2. The Morgan fingerprint density at radius 2 is 1.91 bits per heavy atom. The summed E-state index contributed by atoms with van der Waals surface area (Å²) >= 11 is 3.46. The van der Waals surface area contributed by atoms with E-state index in [0.29, 0.717) is 13.0 Å². The van der Waals surface area contributed by atoms with Crippen molar-refractivity contribution in [2.75, 3.05) is 6.54 Å². The number of aromatic hydroxyl groups is 1. The molecule has 2 aromatic carbocycles. The fourth-order valence-electron chi connectivity index (χ4n) is 4.17. The van der Waals surface area contributed by atoms with Gasteiger partial charge in [0.1, 0.15) is 11.8 Å². The first-order chi connectivity index (χ1) is 16.0. The van der Waals surface area contributed by atoms with Crippen LogP contribution in [0, 0.1) is 0 Å². The van der Waals surface area contributed by atoms with E-state index in [1.165, 1.54) is 0 Å². The summed E-state index contributed by atoms with van der Waals surface area (Å²) in [4.78, 5) is 28.7. The maximum atomic E-state index is 13.5. The van der Waals surface area contributed by atoms with Gasteiger partial charge in [-0.15, -0.1) is 0 Å². The number of hydrogen-bond acceptors (Lipinski definition) is 3. The van der Waals surface area contributed by atoms with Crippen LogP contribution in [-0.4, -0.2) is 34.4 Å². The number of allylic oxidation sites excluding steroid dienone is 2. The molecule has 2 aromatic rings. The van der Waals surface area contributed by atoms with E-state index in [4.69, 9.17) is 0 Å². The molecular weight excluding hydrogens is 480 g/mol. The van der Waals surface area contributed by atoms with Crippen LogP contribution in [0.15, 0.2) is 76.8 Å². The molecule has 1 unspecified atom stereocenters. The SMILES string of the molecule is O=C(NCC1=CCCC=C1)C(c1ccc(Br)cc1)N(C(=O)CCc1cccc(O)c1)C1CC1. The molecule has 2 aliphatic carbocycles. The van der Waals surface area contributed by atoms with Crippen LogP contribution in [0.5, 0.6) is 5.75 Å². The van der Waals surface area contributed by atoms with Crippen LogP contribution in [-0.2, 0) is 16.0 Å². The lowest BCUT2D eigenvalue weighted by atomic mass is 10.0. The lowest BCUT2D eigenvalue weighted by Gasteiger charge is -2.32. The van der Waals surface area contributed by atoms with E-state index in [1.54, 1.807) is 23.1 Å². The molecule has 2 amide bonds. The number of hydrogen-bond donors (Lipinski definition) is 2. The smallest absolute Gasteiger partial charge is 0.247 e. The molecule has 33 heavy (non-hydrogen) atoms. The molecule has 172 valence electrons. The lowest BCUT2D eigenvalue weighted by Crippen LogP contribution is -2.45. The second-order valence-electron chi connectivity index (χ2n) is 8.63. The van der Waals surface area contributed by atoms with Crippen molar-refractivity contribution in [2.24, 2.45) is 0 Å². The van der Waals surface area contributed by atoms with Crippen molar-refractivity contribution in [1.29, 1.82) is 0 Å². The van der Waals surface area contributed by atoms with Crippen molar-refractivity contribution >= 4 is 27.7 Å². The third-order valence-corrected chi connectivity index (χ3v) is 6.55. The molecule has 0 saturated heterocycles. The van der Waals surface area contributed by atoms with Crippen molar-refractivity contribution in [3.05, 3.63) is 87.9 Å². The maximum Gasteiger partial charge on any atom is 0.247 e. The molecule has 1 fully saturated rings. The van der Waals surface area contributed by atoms with Gasteiger partial charge in [0.2, 0.25) is 11.8 Å². The summed E-state index contributed by atoms with van der Waals surface area (Å²) in [7, 11) is 0. The normalized spacial score (nSPS) is 16.1. The molecule has 6 heteroatoms. The summed E-state index contributed by atoms with van der Waals surface area (Å²) < 4.78 is 0.927. The Balaban J connectivity index is 1.53. The molecule has 4 rings (SSSR count). The summed E-state index contributed by atoms with van der Waals surface area (Å²) in [5.41, 5.74) is 2.80. The van der Waals surface area contributed by atoms with Crippen LogP contribution in [0.4, 0.5) is 0 Å². The molecule has 2 N–H and O–H groups in total. The summed E-state index contributed by atoms with van der Waals surface area (Å²) in [6.45, 7) is 0.457. The van der Waals surface area contributed by atoms with Crippen LogP contribution in [0.1, 0.15) is 49.3 Å². The summed E-state index contributed by atoms with van der Waals surface area (Å²) in [5.74, 6) is -0.00678. The maximum absolute atomic E-state index is 13.5. The Hall–Kier alpha value is -2.86. The number of phenols is 1. The molecule has 0 spiro atoms. The number of carbonyl (C=O) groups excluding carboxylic acids is 2. The number of nitrogens with zero attached hydrogens (tertiary/aromatic N) is 1. The minimum absolute atomic E-state index is 0.0410. The van der Waals surface area contributed by atoms with E-state index < -0.39 is 6.04 Å². The van der Waals surface area contributed by atoms with Crippen molar-refractivity contribution < 1.29 is 14.7 Å². The molecule has 2 aliphatic rings. The highest BCUT2D eigenvalue weighted by molar-refractivity contribution is 9.10. The molecule has 0 aromatic heterocycles. The Morgan fingerprint density at radius 3 is 2.58 bits per heavy atom. The minimum atomic E-state index is -0.671. The lowest BCUT2D eigenvalue weighted by molar-refractivity contribution is -0.141. The van der Waals surface area contributed by atoms with Crippen molar-refractivity contribution in [1.82, 2.24) is 10.2 Å². The van der Waals surface area contributed by atoms with Gasteiger partial charge in [-0.3, -0.25) is 9.59 Å². The standard InChI is InChI=1S/C27H29BrN2O3/c28-22-12-10-21(11-13-22)26(27(33)29-18-20-5-2-1-3-6-20)30(23-14-15-23)25(32)16-9-19-7-4-8-24(31)17-19/h2,4-8,10-13,17,23,26,31H,1,3,9,14-16,18H2,(H,29,33). The predicted octanol–water partition coefficient (Wildman–Crippen LogP) is 5.21. The summed E-state index contributed by atoms with van der Waals surface area (Å²) in [5, 5.41) is 12.8. The van der Waals surface area contributed by atoms with E-state index in [0.717, 1.165) is 46.9 Å². The zero-order valence-corrected chi connectivity index (χ0v) is 20.1. The monoisotopic (exact) mass is 508 g/mol. The largest absolute Gasteiger partial charge is 0.508 e. The number of rotatable bonds is 9. The van der Waals surface area contributed by atoms with Gasteiger partial charge in [-0.05, 0) is 73.1 Å². The first-order valence-electron chi connectivity index (χ1n) is 11.5. The highest BCUT2D eigenvalue weighted by Crippen LogP contribution is 2.36. The first kappa shape index (κ1) is 23.3. The van der Waals surface area contributed by atoms with Gasteiger partial charge in [-0.2, -0.15) is 0 Å². The fourth-order valence-corrected chi connectivity index (χ4v) is 4.44. The third kappa shape index (κ3) is 6.35. The number of aryl methyl sites for hydroxylation is 1. The van der Waals surface area contributed by atoms with Gasteiger partial charge in [0.05, 0.1) is 0 Å². The number of carbonyl (C=O) groups is 2.